The number of aliphatic hydroxyl groups is 1. The minimum Gasteiger partial charge on any atom is -0.459 e. The molecule has 1 aromatic carbocycles. The topological polar surface area (TPSA) is 93.1 Å². The van der Waals surface area contributed by atoms with E-state index >= 15 is 0 Å². The molecule has 1 aliphatic carbocycles. The van der Waals surface area contributed by atoms with Gasteiger partial charge in [0.25, 0.3) is 0 Å². The van der Waals surface area contributed by atoms with Crippen molar-refractivity contribution in [3.63, 3.8) is 0 Å². The van der Waals surface area contributed by atoms with Gasteiger partial charge in [-0.15, -0.1) is 0 Å². The number of aliphatic hydroxyl groups excluding tert-OH is 1. The summed E-state index contributed by atoms with van der Waals surface area (Å²) in [4.78, 5) is 36.3. The SMILES string of the molecule is C[C@H](O)C(=O)OCc1cccc(CC(C)(C)OC(=O)N(C)C2(C=O)CC2)c1. The van der Waals surface area contributed by atoms with Crippen molar-refractivity contribution in [3.05, 3.63) is 35.4 Å². The lowest BCUT2D eigenvalue weighted by Gasteiger charge is -2.30. The molecule has 1 atom stereocenters. The summed E-state index contributed by atoms with van der Waals surface area (Å²) in [7, 11) is 1.58. The van der Waals surface area contributed by atoms with E-state index in [9.17, 15) is 14.4 Å². The number of amides is 1. The lowest BCUT2D eigenvalue weighted by Crippen LogP contribution is -2.44. The fraction of sp³-hybridized carbons (Fsp3) is 0.550. The first-order valence-corrected chi connectivity index (χ1v) is 8.94. The minimum atomic E-state index is -1.16. The Morgan fingerprint density at radius 1 is 1.33 bits per heavy atom. The van der Waals surface area contributed by atoms with Crippen molar-refractivity contribution in [2.45, 2.75) is 63.9 Å². The second-order valence-corrected chi connectivity index (χ2v) is 7.69. The summed E-state index contributed by atoms with van der Waals surface area (Å²) < 4.78 is 10.6. The molecule has 27 heavy (non-hydrogen) atoms. The zero-order chi connectivity index (χ0) is 20.2. The first-order valence-electron chi connectivity index (χ1n) is 8.94. The van der Waals surface area contributed by atoms with Crippen LogP contribution in [0.5, 0.6) is 0 Å². The standard InChI is InChI=1S/C20H27NO6/c1-14(23)17(24)26-12-16-7-5-6-15(10-16)11-19(2,3)27-18(25)21(4)20(13-22)8-9-20/h5-7,10,13-14,23H,8-9,11-12H2,1-4H3/t14-/m0/s1. The number of aldehydes is 1. The number of esters is 1. The van der Waals surface area contributed by atoms with Crippen molar-refractivity contribution in [1.29, 1.82) is 0 Å². The molecule has 1 amide bonds. The van der Waals surface area contributed by atoms with E-state index in [-0.39, 0.29) is 6.61 Å². The van der Waals surface area contributed by atoms with Crippen LogP contribution in [0.2, 0.25) is 0 Å². The molecule has 0 bridgehead atoms. The van der Waals surface area contributed by atoms with Crippen LogP contribution < -0.4 is 0 Å². The third-order valence-electron chi connectivity index (χ3n) is 4.63. The molecule has 7 nitrogen and oxygen atoms in total. The van der Waals surface area contributed by atoms with Crippen LogP contribution in [0.3, 0.4) is 0 Å². The van der Waals surface area contributed by atoms with E-state index in [1.165, 1.54) is 11.8 Å². The van der Waals surface area contributed by atoms with E-state index in [0.717, 1.165) is 17.4 Å². The van der Waals surface area contributed by atoms with Crippen LogP contribution in [0.15, 0.2) is 24.3 Å². The van der Waals surface area contributed by atoms with Gasteiger partial charge in [-0.3, -0.25) is 4.90 Å². The monoisotopic (exact) mass is 377 g/mol. The third-order valence-corrected chi connectivity index (χ3v) is 4.63. The number of hydrogen-bond donors (Lipinski definition) is 1. The Morgan fingerprint density at radius 2 is 1.96 bits per heavy atom. The fourth-order valence-electron chi connectivity index (χ4n) is 2.78. The first-order chi connectivity index (χ1) is 12.6. The Bertz CT molecular complexity index is 708. The summed E-state index contributed by atoms with van der Waals surface area (Å²) in [5.74, 6) is -0.679. The van der Waals surface area contributed by atoms with E-state index in [4.69, 9.17) is 14.6 Å². The summed E-state index contributed by atoms with van der Waals surface area (Å²) in [6.45, 7) is 5.02. The Labute approximate surface area is 159 Å². The molecule has 1 saturated carbocycles. The molecule has 0 heterocycles. The largest absolute Gasteiger partial charge is 0.459 e. The zero-order valence-corrected chi connectivity index (χ0v) is 16.2. The smallest absolute Gasteiger partial charge is 0.410 e. The highest BCUT2D eigenvalue weighted by Gasteiger charge is 2.50. The number of hydrogen-bond acceptors (Lipinski definition) is 6. The average Bonchev–Trinajstić information content (AvgIpc) is 3.39. The van der Waals surface area contributed by atoms with Gasteiger partial charge < -0.3 is 19.4 Å². The highest BCUT2D eigenvalue weighted by Crippen LogP contribution is 2.39. The number of nitrogens with zero attached hydrogens (tertiary/aromatic N) is 1. The minimum absolute atomic E-state index is 0.0579. The van der Waals surface area contributed by atoms with Crippen molar-refractivity contribution in [3.8, 4) is 0 Å². The summed E-state index contributed by atoms with van der Waals surface area (Å²) >= 11 is 0. The molecule has 0 spiro atoms. The zero-order valence-electron chi connectivity index (χ0n) is 16.2. The number of likely N-dealkylation sites (N-methyl/N-ethyl adjacent to an activating group) is 1. The predicted molar refractivity (Wildman–Crippen MR) is 98.0 cm³/mol. The number of ether oxygens (including phenoxy) is 2. The molecule has 1 fully saturated rings. The number of carbonyl (C=O) groups is 3. The molecular formula is C20H27NO6. The van der Waals surface area contributed by atoms with Gasteiger partial charge in [-0.2, -0.15) is 0 Å². The van der Waals surface area contributed by atoms with Gasteiger partial charge in [-0.25, -0.2) is 9.59 Å². The molecule has 148 valence electrons. The maximum Gasteiger partial charge on any atom is 0.410 e. The Hall–Kier alpha value is -2.41. The summed E-state index contributed by atoms with van der Waals surface area (Å²) in [6, 6.07) is 7.40. The molecule has 2 rings (SSSR count). The second-order valence-electron chi connectivity index (χ2n) is 7.69. The van der Waals surface area contributed by atoms with Crippen LogP contribution in [-0.2, 0) is 32.1 Å². The molecule has 0 radical (unpaired) electrons. The highest BCUT2D eigenvalue weighted by atomic mass is 16.6. The van der Waals surface area contributed by atoms with Gasteiger partial charge in [0.1, 0.15) is 30.1 Å². The number of benzene rings is 1. The lowest BCUT2D eigenvalue weighted by molar-refractivity contribution is -0.153. The maximum atomic E-state index is 12.4. The Kier molecular flexibility index (Phi) is 6.26. The van der Waals surface area contributed by atoms with Crippen LogP contribution in [0.25, 0.3) is 0 Å². The molecule has 0 unspecified atom stereocenters. The Morgan fingerprint density at radius 3 is 2.52 bits per heavy atom. The van der Waals surface area contributed by atoms with E-state index in [1.54, 1.807) is 20.9 Å². The summed E-state index contributed by atoms with van der Waals surface area (Å²) in [5, 5.41) is 9.17. The predicted octanol–water partition coefficient (Wildman–Crippen LogP) is 2.23. The first kappa shape index (κ1) is 20.9. The van der Waals surface area contributed by atoms with E-state index in [2.05, 4.69) is 0 Å². The number of rotatable bonds is 8. The van der Waals surface area contributed by atoms with Crippen molar-refractivity contribution in [1.82, 2.24) is 4.90 Å². The van der Waals surface area contributed by atoms with Gasteiger partial charge in [-0.1, -0.05) is 24.3 Å². The third kappa shape index (κ3) is 5.53. The van der Waals surface area contributed by atoms with Gasteiger partial charge in [0.05, 0.1) is 0 Å². The quantitative estimate of drug-likeness (QED) is 0.552. The highest BCUT2D eigenvalue weighted by molar-refractivity contribution is 5.79. The van der Waals surface area contributed by atoms with Crippen molar-refractivity contribution in [2.75, 3.05) is 7.05 Å². The van der Waals surface area contributed by atoms with Gasteiger partial charge in [-0.05, 0) is 44.7 Å². The van der Waals surface area contributed by atoms with Gasteiger partial charge in [0.2, 0.25) is 0 Å². The average molecular weight is 377 g/mol. The molecule has 1 aromatic rings. The molecule has 0 saturated heterocycles. The van der Waals surface area contributed by atoms with Gasteiger partial charge in [0, 0.05) is 13.5 Å². The van der Waals surface area contributed by atoms with Gasteiger partial charge >= 0.3 is 12.1 Å². The van der Waals surface area contributed by atoms with E-state index < -0.39 is 29.3 Å². The van der Waals surface area contributed by atoms with Crippen LogP contribution in [0.4, 0.5) is 4.79 Å². The molecular weight excluding hydrogens is 350 g/mol. The number of carbonyl (C=O) groups excluding carboxylic acids is 3. The molecule has 1 N–H and O–H groups in total. The summed E-state index contributed by atoms with van der Waals surface area (Å²) in [5.41, 5.74) is 0.205. The van der Waals surface area contributed by atoms with Crippen LogP contribution in [-0.4, -0.2) is 52.6 Å². The molecule has 1 aliphatic rings. The lowest BCUT2D eigenvalue weighted by atomic mass is 9.97. The van der Waals surface area contributed by atoms with Crippen LogP contribution in [0, 0.1) is 0 Å². The van der Waals surface area contributed by atoms with Crippen molar-refractivity contribution >= 4 is 18.3 Å². The normalized spacial score (nSPS) is 16.2. The fourth-order valence-corrected chi connectivity index (χ4v) is 2.78. The van der Waals surface area contributed by atoms with Gasteiger partial charge in [0.15, 0.2) is 0 Å². The second kappa shape index (κ2) is 8.08. The van der Waals surface area contributed by atoms with Crippen LogP contribution >= 0.6 is 0 Å². The van der Waals surface area contributed by atoms with Crippen LogP contribution in [0.1, 0.15) is 44.7 Å². The molecule has 7 heteroatoms. The van der Waals surface area contributed by atoms with E-state index in [1.807, 2.05) is 24.3 Å². The molecule has 0 aromatic heterocycles. The molecule has 0 aliphatic heterocycles. The van der Waals surface area contributed by atoms with E-state index in [0.29, 0.717) is 19.3 Å². The van der Waals surface area contributed by atoms with Crippen molar-refractivity contribution < 1.29 is 29.0 Å². The van der Waals surface area contributed by atoms with Crippen molar-refractivity contribution in [2.24, 2.45) is 0 Å². The summed E-state index contributed by atoms with van der Waals surface area (Å²) in [6.07, 6.45) is 0.903. The maximum absolute atomic E-state index is 12.4. The Balaban J connectivity index is 1.96.